The van der Waals surface area contributed by atoms with E-state index in [1.54, 1.807) is 24.3 Å². The van der Waals surface area contributed by atoms with Crippen LogP contribution in [0, 0.1) is 15.4 Å². The molecule has 54 heavy (non-hydrogen) atoms. The number of hydrogen-bond acceptors (Lipinski definition) is 3. The second kappa shape index (κ2) is 16.9. The van der Waals surface area contributed by atoms with Crippen molar-refractivity contribution in [3.8, 4) is 0 Å². The van der Waals surface area contributed by atoms with Crippen LogP contribution in [0.3, 0.4) is 0 Å². The van der Waals surface area contributed by atoms with Crippen LogP contribution in [0.4, 0.5) is 0 Å². The summed E-state index contributed by atoms with van der Waals surface area (Å²) in [6, 6.07) is 46.5. The van der Waals surface area contributed by atoms with Gasteiger partial charge in [-0.2, -0.15) is 0 Å². The van der Waals surface area contributed by atoms with Crippen LogP contribution in [0.1, 0.15) is 31.6 Å². The van der Waals surface area contributed by atoms with Crippen LogP contribution in [0.25, 0.3) is 65.4 Å². The van der Waals surface area contributed by atoms with E-state index in [2.05, 4.69) is 148 Å². The predicted molar refractivity (Wildman–Crippen MR) is 240 cm³/mol. The lowest BCUT2D eigenvalue weighted by Crippen LogP contribution is -1.95. The zero-order valence-corrected chi connectivity index (χ0v) is 31.6. The van der Waals surface area contributed by atoms with Crippen LogP contribution in [0.2, 0.25) is 0 Å². The van der Waals surface area contributed by atoms with Crippen molar-refractivity contribution < 1.29 is 18.7 Å². The number of carbonyl (C=O) groups is 1. The topological polar surface area (TPSA) is 63.6 Å². The van der Waals surface area contributed by atoms with Gasteiger partial charge in [0.15, 0.2) is 0 Å². The highest BCUT2D eigenvalue weighted by atomic mass is 127. The van der Waals surface area contributed by atoms with E-state index < -0.39 is 5.97 Å². The minimum atomic E-state index is -0.910. The lowest BCUT2D eigenvalue weighted by molar-refractivity contribution is 0.0696. The van der Waals surface area contributed by atoms with Gasteiger partial charge < -0.3 is 13.9 Å². The number of carboxylic acid groups (broad SMARTS) is 1. The summed E-state index contributed by atoms with van der Waals surface area (Å²) in [6.45, 7) is 0. The van der Waals surface area contributed by atoms with Gasteiger partial charge in [-0.1, -0.05) is 136 Å². The zero-order valence-electron chi connectivity index (χ0n) is 27.9. The normalized spacial score (nSPS) is 14.9. The van der Waals surface area contributed by atoms with Gasteiger partial charge in [-0.25, -0.2) is 4.79 Å². The predicted octanol–water partition coefficient (Wildman–Crippen LogP) is 15.3. The summed E-state index contributed by atoms with van der Waals surface area (Å²) in [5.41, 5.74) is 4.19. The Labute approximate surface area is 337 Å². The fraction of sp³-hybridized carbons (Fsp3) is 0.104. The Hall–Kier alpha value is -5.18. The number of benzene rings is 7. The molecule has 11 rings (SSSR count). The van der Waals surface area contributed by atoms with Crippen molar-refractivity contribution in [2.75, 3.05) is 0 Å². The number of furan rings is 2. The summed E-state index contributed by atoms with van der Waals surface area (Å²) in [6.07, 6.45) is 10.5. The molecule has 4 nitrogen and oxygen atoms in total. The van der Waals surface area contributed by atoms with Crippen molar-refractivity contribution in [3.63, 3.8) is 0 Å². The molecule has 2 aliphatic carbocycles. The number of hydrogen-bond donors (Lipinski definition) is 1. The molecule has 9 aromatic rings. The van der Waals surface area contributed by atoms with Crippen molar-refractivity contribution in [2.24, 2.45) is 11.8 Å². The molecule has 0 spiro atoms. The third-order valence-electron chi connectivity index (χ3n) is 9.48. The van der Waals surface area contributed by atoms with Gasteiger partial charge in [-0.05, 0) is 115 Å². The fourth-order valence-corrected chi connectivity index (χ4v) is 8.01. The second-order valence-electron chi connectivity index (χ2n) is 12.8. The van der Waals surface area contributed by atoms with Gasteiger partial charge >= 0.3 is 5.97 Å². The molecular weight excluding hydrogens is 847 g/mol. The molecule has 0 fully saturated rings. The van der Waals surface area contributed by atoms with E-state index in [0.29, 0.717) is 10.0 Å². The fourth-order valence-electron chi connectivity index (χ4n) is 6.95. The molecular formula is C48H40BrIO4. The first-order chi connectivity index (χ1) is 25.4. The van der Waals surface area contributed by atoms with E-state index in [1.807, 2.05) is 30.3 Å². The maximum atomic E-state index is 10.4. The van der Waals surface area contributed by atoms with Crippen LogP contribution in [-0.2, 0) is 0 Å². The van der Waals surface area contributed by atoms with Crippen LogP contribution in [0.15, 0.2) is 177 Å². The Bertz CT molecular complexity index is 2780. The summed E-state index contributed by atoms with van der Waals surface area (Å²) >= 11 is 5.42. The number of fused-ring (bicyclic) bond motifs is 12. The molecule has 2 aliphatic rings. The van der Waals surface area contributed by atoms with E-state index in [4.69, 9.17) is 13.9 Å². The molecule has 0 amide bonds. The van der Waals surface area contributed by atoms with Crippen molar-refractivity contribution in [2.45, 2.75) is 21.3 Å². The summed E-state index contributed by atoms with van der Waals surface area (Å²) < 4.78 is 13.7. The third-order valence-corrected chi connectivity index (χ3v) is 11.0. The standard InChI is InChI=1S/C20H12O.C12H7IO.C7H5BrO2.C7H8.2CH4/c1-2-6-14-13(5-1)9-10-17-15(14)11-12-18-16-7-3-4-8-19(16)21-20(17)18;13-10-6-3-5-9-8-4-1-2-7-11(8)14-12(9)10;8-6-4-2-1-3-5(6)7(9)10;1-2-7-4-3-6(1)5-7;;/h1-12H;1-7H;1-4H,(H,9,10);1-4,6-7H,5H2;2*1H4. The molecule has 0 saturated carbocycles. The summed E-state index contributed by atoms with van der Waals surface area (Å²) in [5, 5.41) is 18.3. The molecule has 0 radical (unpaired) electrons. The first kappa shape index (κ1) is 38.5. The van der Waals surface area contributed by atoms with Gasteiger partial charge in [-0.15, -0.1) is 0 Å². The van der Waals surface area contributed by atoms with E-state index in [0.717, 1.165) is 37.7 Å². The second-order valence-corrected chi connectivity index (χ2v) is 14.8. The Kier molecular flexibility index (Phi) is 12.0. The highest BCUT2D eigenvalue weighted by molar-refractivity contribution is 14.1. The number of aromatic carboxylic acids is 1. The molecule has 0 atom stereocenters. The van der Waals surface area contributed by atoms with Gasteiger partial charge in [0.2, 0.25) is 0 Å². The molecule has 0 unspecified atom stereocenters. The average Bonchev–Trinajstić information content (AvgIpc) is 3.99. The molecule has 2 bridgehead atoms. The van der Waals surface area contributed by atoms with Crippen molar-refractivity contribution in [1.29, 1.82) is 0 Å². The highest BCUT2D eigenvalue weighted by Crippen LogP contribution is 2.37. The highest BCUT2D eigenvalue weighted by Gasteiger charge is 2.19. The van der Waals surface area contributed by atoms with Gasteiger partial charge in [0.1, 0.15) is 22.3 Å². The molecule has 0 aliphatic heterocycles. The summed E-state index contributed by atoms with van der Waals surface area (Å²) in [7, 11) is 0. The minimum Gasteiger partial charge on any atom is -0.478 e. The quantitative estimate of drug-likeness (QED) is 0.101. The Morgan fingerprint density at radius 2 is 1.02 bits per heavy atom. The van der Waals surface area contributed by atoms with E-state index in [1.165, 1.54) is 49.5 Å². The zero-order chi connectivity index (χ0) is 35.6. The van der Waals surface area contributed by atoms with Gasteiger partial charge in [-0.3, -0.25) is 0 Å². The van der Waals surface area contributed by atoms with E-state index in [9.17, 15) is 4.79 Å². The number of para-hydroxylation sites is 3. The van der Waals surface area contributed by atoms with Gasteiger partial charge in [0.25, 0.3) is 0 Å². The molecule has 2 aromatic heterocycles. The van der Waals surface area contributed by atoms with Gasteiger partial charge in [0, 0.05) is 31.4 Å². The molecule has 1 N–H and O–H groups in total. The van der Waals surface area contributed by atoms with Crippen molar-refractivity contribution in [1.82, 2.24) is 0 Å². The SMILES string of the molecule is C.C.C1=CC2C=CC1C2.Ic1cccc2c1oc1ccccc12.O=C(O)c1ccccc1Br.c1ccc2c(c1)ccc1c2ccc2c3ccccc3oc21. The smallest absolute Gasteiger partial charge is 0.336 e. The van der Waals surface area contributed by atoms with Crippen LogP contribution >= 0.6 is 38.5 Å². The number of halogens is 2. The molecule has 2 heterocycles. The number of allylic oxidation sites excluding steroid dienone is 4. The molecule has 0 saturated heterocycles. The maximum Gasteiger partial charge on any atom is 0.336 e. The lowest BCUT2D eigenvalue weighted by atomic mass is 10.00. The maximum absolute atomic E-state index is 10.4. The first-order valence-electron chi connectivity index (χ1n) is 17.1. The van der Waals surface area contributed by atoms with Crippen LogP contribution < -0.4 is 0 Å². The van der Waals surface area contributed by atoms with E-state index >= 15 is 0 Å². The van der Waals surface area contributed by atoms with Crippen molar-refractivity contribution >= 4 is 110 Å². The minimum absolute atomic E-state index is 0. The monoisotopic (exact) mass is 886 g/mol. The lowest BCUT2D eigenvalue weighted by Gasteiger charge is -2.04. The third kappa shape index (κ3) is 7.72. The number of rotatable bonds is 1. The molecule has 7 aromatic carbocycles. The van der Waals surface area contributed by atoms with Crippen LogP contribution in [-0.4, -0.2) is 11.1 Å². The Balaban J connectivity index is 0.000000131. The Morgan fingerprint density at radius 3 is 1.61 bits per heavy atom. The molecule has 270 valence electrons. The van der Waals surface area contributed by atoms with Crippen molar-refractivity contribution in [3.05, 3.63) is 177 Å². The Morgan fingerprint density at radius 1 is 0.537 bits per heavy atom. The largest absolute Gasteiger partial charge is 0.478 e. The van der Waals surface area contributed by atoms with Crippen LogP contribution in [0.5, 0.6) is 0 Å². The number of carboxylic acids is 1. The average molecular weight is 888 g/mol. The van der Waals surface area contributed by atoms with E-state index in [-0.39, 0.29) is 14.9 Å². The molecule has 6 heteroatoms. The first-order valence-corrected chi connectivity index (χ1v) is 18.9. The van der Waals surface area contributed by atoms with Gasteiger partial charge in [0.05, 0.1) is 9.13 Å². The summed E-state index contributed by atoms with van der Waals surface area (Å²) in [5.74, 6) is 0.711. The summed E-state index contributed by atoms with van der Waals surface area (Å²) in [4.78, 5) is 10.4.